The molecule has 0 fully saturated rings. The highest BCUT2D eigenvalue weighted by atomic mass is 16.3. The van der Waals surface area contributed by atoms with Crippen LogP contribution in [0, 0.1) is 0 Å². The van der Waals surface area contributed by atoms with E-state index in [1.807, 2.05) is 6.07 Å². The van der Waals surface area contributed by atoms with Crippen molar-refractivity contribution in [3.63, 3.8) is 0 Å². The Kier molecular flexibility index (Phi) is 3.19. The summed E-state index contributed by atoms with van der Waals surface area (Å²) >= 11 is 0. The maximum Gasteiger partial charge on any atom is 0.106 e. The van der Waals surface area contributed by atoms with Gasteiger partial charge in [-0.25, -0.2) is 0 Å². The number of fused-ring (bicyclic) bond motifs is 1. The zero-order valence-corrected chi connectivity index (χ0v) is 8.80. The fourth-order valence-electron chi connectivity index (χ4n) is 1.66. The lowest BCUT2D eigenvalue weighted by Crippen LogP contribution is -2.21. The maximum absolute atomic E-state index is 9.86. The van der Waals surface area contributed by atoms with Crippen molar-refractivity contribution in [3.8, 4) is 0 Å². The number of hydrogen-bond donors (Lipinski definition) is 4. The Morgan fingerprint density at radius 3 is 3.00 bits per heavy atom. The predicted molar refractivity (Wildman–Crippen MR) is 60.7 cm³/mol. The minimum absolute atomic E-state index is 0.344. The van der Waals surface area contributed by atoms with Crippen LogP contribution < -0.4 is 5.73 Å². The summed E-state index contributed by atoms with van der Waals surface area (Å²) in [6.45, 7) is 0.344. The van der Waals surface area contributed by atoms with Crippen LogP contribution >= 0.6 is 0 Å². The van der Waals surface area contributed by atoms with Gasteiger partial charge in [-0.05, 0) is 25.1 Å². The molecule has 16 heavy (non-hydrogen) atoms. The first-order valence-electron chi connectivity index (χ1n) is 5.21. The zero-order chi connectivity index (χ0) is 11.5. The number of aromatic amines is 1. The molecular weight excluding hydrogens is 206 g/mol. The van der Waals surface area contributed by atoms with Crippen LogP contribution in [-0.2, 0) is 0 Å². The molecule has 0 aromatic carbocycles. The first-order valence-corrected chi connectivity index (χ1v) is 5.21. The first-order chi connectivity index (χ1) is 7.72. The average molecular weight is 221 g/mol. The Balaban J connectivity index is 2.24. The van der Waals surface area contributed by atoms with Gasteiger partial charge in [0.25, 0.3) is 0 Å². The smallest absolute Gasteiger partial charge is 0.106 e. The number of hydrogen-bond acceptors (Lipinski definition) is 4. The summed E-state index contributed by atoms with van der Waals surface area (Å²) in [5, 5.41) is 19.5. The Morgan fingerprint density at radius 1 is 1.44 bits per heavy atom. The second-order valence-electron chi connectivity index (χ2n) is 3.77. The first kappa shape index (κ1) is 11.1. The summed E-state index contributed by atoms with van der Waals surface area (Å²) in [5.74, 6) is 0. The number of aliphatic hydroxyl groups excluding tert-OH is 2. The van der Waals surface area contributed by atoms with Crippen LogP contribution in [0.4, 0.5) is 0 Å². The van der Waals surface area contributed by atoms with Gasteiger partial charge < -0.3 is 20.9 Å². The molecule has 0 aliphatic carbocycles. The van der Waals surface area contributed by atoms with Crippen LogP contribution in [0.25, 0.3) is 11.0 Å². The molecule has 0 bridgehead atoms. The molecule has 2 unspecified atom stereocenters. The van der Waals surface area contributed by atoms with E-state index in [9.17, 15) is 10.2 Å². The SMILES string of the molecule is NCCC(O)C(O)c1cnc2cc[nH]c2c1. The standard InChI is InChI=1S/C11H15N3O2/c12-3-1-10(15)11(16)7-5-9-8(14-6-7)2-4-13-9/h2,4-6,10-11,13,15-16H,1,3,12H2. The van der Waals surface area contributed by atoms with E-state index in [4.69, 9.17) is 5.73 Å². The summed E-state index contributed by atoms with van der Waals surface area (Å²) in [6.07, 6.45) is 1.93. The van der Waals surface area contributed by atoms with Crippen LogP contribution in [0.1, 0.15) is 18.1 Å². The molecule has 2 aromatic rings. The van der Waals surface area contributed by atoms with Crippen LogP contribution in [0.15, 0.2) is 24.5 Å². The number of aliphatic hydroxyl groups is 2. The van der Waals surface area contributed by atoms with Crippen LogP contribution in [0.2, 0.25) is 0 Å². The molecule has 5 nitrogen and oxygen atoms in total. The van der Waals surface area contributed by atoms with E-state index in [1.54, 1.807) is 18.5 Å². The van der Waals surface area contributed by atoms with Gasteiger partial charge in [0, 0.05) is 18.0 Å². The molecule has 0 aliphatic rings. The Labute approximate surface area is 92.9 Å². The second-order valence-corrected chi connectivity index (χ2v) is 3.77. The summed E-state index contributed by atoms with van der Waals surface area (Å²) < 4.78 is 0. The van der Waals surface area contributed by atoms with E-state index >= 15 is 0 Å². The summed E-state index contributed by atoms with van der Waals surface area (Å²) in [5.41, 5.74) is 7.60. The molecule has 5 N–H and O–H groups in total. The Bertz CT molecular complexity index is 469. The molecule has 2 aromatic heterocycles. The molecule has 0 amide bonds. The van der Waals surface area contributed by atoms with Gasteiger partial charge in [-0.2, -0.15) is 0 Å². The number of H-pyrrole nitrogens is 1. The van der Waals surface area contributed by atoms with Crippen LogP contribution in [0.5, 0.6) is 0 Å². The third-order valence-corrected chi connectivity index (χ3v) is 2.59. The monoisotopic (exact) mass is 221 g/mol. The van der Waals surface area contributed by atoms with Gasteiger partial charge in [0.15, 0.2) is 0 Å². The number of nitrogens with zero attached hydrogens (tertiary/aromatic N) is 1. The lowest BCUT2D eigenvalue weighted by Gasteiger charge is -2.16. The molecule has 0 radical (unpaired) electrons. The van der Waals surface area contributed by atoms with Gasteiger partial charge in [-0.15, -0.1) is 0 Å². The number of nitrogens with one attached hydrogen (secondary N) is 1. The van der Waals surface area contributed by atoms with Crippen molar-refractivity contribution in [2.45, 2.75) is 18.6 Å². The molecular formula is C11H15N3O2. The van der Waals surface area contributed by atoms with Crippen molar-refractivity contribution < 1.29 is 10.2 Å². The fraction of sp³-hybridized carbons (Fsp3) is 0.364. The summed E-state index contributed by atoms with van der Waals surface area (Å²) in [7, 11) is 0. The van der Waals surface area contributed by atoms with E-state index in [1.165, 1.54) is 0 Å². The van der Waals surface area contributed by atoms with Crippen molar-refractivity contribution in [1.82, 2.24) is 9.97 Å². The quantitative estimate of drug-likeness (QED) is 0.597. The van der Waals surface area contributed by atoms with E-state index in [2.05, 4.69) is 9.97 Å². The average Bonchev–Trinajstić information content (AvgIpc) is 2.75. The third-order valence-electron chi connectivity index (χ3n) is 2.59. The molecule has 5 heteroatoms. The van der Waals surface area contributed by atoms with Crippen molar-refractivity contribution in [1.29, 1.82) is 0 Å². The summed E-state index contributed by atoms with van der Waals surface area (Å²) in [4.78, 5) is 7.18. The van der Waals surface area contributed by atoms with Crippen molar-refractivity contribution in [2.75, 3.05) is 6.54 Å². The number of aromatic nitrogens is 2. The molecule has 0 aliphatic heterocycles. The third kappa shape index (κ3) is 2.06. The van der Waals surface area contributed by atoms with E-state index in [0.29, 0.717) is 18.5 Å². The highest BCUT2D eigenvalue weighted by molar-refractivity contribution is 5.75. The molecule has 2 atom stereocenters. The molecule has 0 saturated carbocycles. The topological polar surface area (TPSA) is 95.2 Å². The van der Waals surface area contributed by atoms with E-state index < -0.39 is 12.2 Å². The second kappa shape index (κ2) is 4.61. The lowest BCUT2D eigenvalue weighted by molar-refractivity contribution is 0.0149. The van der Waals surface area contributed by atoms with Crippen molar-refractivity contribution in [3.05, 3.63) is 30.1 Å². The Morgan fingerprint density at radius 2 is 2.25 bits per heavy atom. The highest BCUT2D eigenvalue weighted by Gasteiger charge is 2.18. The van der Waals surface area contributed by atoms with Crippen LogP contribution in [-0.4, -0.2) is 32.8 Å². The highest BCUT2D eigenvalue weighted by Crippen LogP contribution is 2.21. The van der Waals surface area contributed by atoms with Gasteiger partial charge in [-0.1, -0.05) is 0 Å². The normalized spacial score (nSPS) is 15.2. The molecule has 86 valence electrons. The zero-order valence-electron chi connectivity index (χ0n) is 8.80. The fourth-order valence-corrected chi connectivity index (χ4v) is 1.66. The lowest BCUT2D eigenvalue weighted by atomic mass is 10.0. The summed E-state index contributed by atoms with van der Waals surface area (Å²) in [6, 6.07) is 3.63. The van der Waals surface area contributed by atoms with E-state index in [-0.39, 0.29) is 0 Å². The minimum Gasteiger partial charge on any atom is -0.390 e. The van der Waals surface area contributed by atoms with Gasteiger partial charge in [0.2, 0.25) is 0 Å². The predicted octanol–water partition coefficient (Wildman–Crippen LogP) is 0.306. The van der Waals surface area contributed by atoms with Gasteiger partial charge >= 0.3 is 0 Å². The largest absolute Gasteiger partial charge is 0.390 e. The van der Waals surface area contributed by atoms with Gasteiger partial charge in [-0.3, -0.25) is 4.98 Å². The molecule has 2 rings (SSSR count). The number of rotatable bonds is 4. The van der Waals surface area contributed by atoms with Crippen molar-refractivity contribution >= 4 is 11.0 Å². The number of nitrogens with two attached hydrogens (primary N) is 1. The maximum atomic E-state index is 9.86. The van der Waals surface area contributed by atoms with Crippen molar-refractivity contribution in [2.24, 2.45) is 5.73 Å². The van der Waals surface area contributed by atoms with Gasteiger partial charge in [0.05, 0.1) is 17.1 Å². The van der Waals surface area contributed by atoms with Crippen LogP contribution in [0.3, 0.4) is 0 Å². The van der Waals surface area contributed by atoms with E-state index in [0.717, 1.165) is 11.0 Å². The number of pyridine rings is 1. The molecule has 0 spiro atoms. The minimum atomic E-state index is -0.941. The Hall–Kier alpha value is -1.43. The molecule has 2 heterocycles. The molecule has 0 saturated heterocycles. The van der Waals surface area contributed by atoms with Gasteiger partial charge in [0.1, 0.15) is 6.10 Å².